The SMILES string of the molecule is CCCc1cn(CCCCC(C)(C)CCOC(C)(C)CCCCCC(C)=O)nn1. The van der Waals surface area contributed by atoms with Crippen molar-refractivity contribution < 1.29 is 9.53 Å². The average molecular weight is 408 g/mol. The van der Waals surface area contributed by atoms with E-state index < -0.39 is 0 Å². The van der Waals surface area contributed by atoms with Crippen molar-refractivity contribution in [2.45, 2.75) is 124 Å². The van der Waals surface area contributed by atoms with E-state index in [4.69, 9.17) is 4.74 Å². The number of nitrogens with zero attached hydrogens (tertiary/aromatic N) is 3. The zero-order chi connectivity index (χ0) is 21.8. The Balaban J connectivity index is 2.15. The smallest absolute Gasteiger partial charge is 0.129 e. The monoisotopic (exact) mass is 407 g/mol. The van der Waals surface area contributed by atoms with Gasteiger partial charge in [-0.3, -0.25) is 4.68 Å². The van der Waals surface area contributed by atoms with Crippen molar-refractivity contribution in [2.75, 3.05) is 6.61 Å². The lowest BCUT2D eigenvalue weighted by Crippen LogP contribution is -2.27. The molecule has 1 heterocycles. The number of ketones is 1. The fourth-order valence-corrected chi connectivity index (χ4v) is 3.60. The van der Waals surface area contributed by atoms with Gasteiger partial charge in [0.15, 0.2) is 0 Å². The van der Waals surface area contributed by atoms with Gasteiger partial charge in [0, 0.05) is 25.8 Å². The minimum absolute atomic E-state index is 0.0738. The molecule has 0 radical (unpaired) electrons. The van der Waals surface area contributed by atoms with Gasteiger partial charge in [0.2, 0.25) is 0 Å². The first-order valence-corrected chi connectivity index (χ1v) is 11.7. The van der Waals surface area contributed by atoms with Crippen molar-refractivity contribution in [1.82, 2.24) is 15.0 Å². The van der Waals surface area contributed by atoms with Gasteiger partial charge in [0.25, 0.3) is 0 Å². The van der Waals surface area contributed by atoms with Gasteiger partial charge in [-0.2, -0.15) is 0 Å². The molecule has 1 rings (SSSR count). The Morgan fingerprint density at radius 3 is 2.45 bits per heavy atom. The Kier molecular flexibility index (Phi) is 11.7. The van der Waals surface area contributed by atoms with E-state index in [1.54, 1.807) is 6.92 Å². The molecule has 0 unspecified atom stereocenters. The highest BCUT2D eigenvalue weighted by molar-refractivity contribution is 5.75. The molecule has 0 spiro atoms. The van der Waals surface area contributed by atoms with Gasteiger partial charge in [-0.05, 0) is 64.7 Å². The van der Waals surface area contributed by atoms with E-state index in [0.717, 1.165) is 70.2 Å². The van der Waals surface area contributed by atoms with Crippen LogP contribution in [0, 0.1) is 5.41 Å². The van der Waals surface area contributed by atoms with Crippen molar-refractivity contribution in [1.29, 1.82) is 0 Å². The molecule has 1 aromatic heterocycles. The molecule has 168 valence electrons. The molecule has 29 heavy (non-hydrogen) atoms. The number of unbranched alkanes of at least 4 members (excludes halogenated alkanes) is 3. The molecule has 5 nitrogen and oxygen atoms in total. The van der Waals surface area contributed by atoms with Gasteiger partial charge in [-0.15, -0.1) is 5.10 Å². The van der Waals surface area contributed by atoms with Gasteiger partial charge in [-0.1, -0.05) is 51.7 Å². The lowest BCUT2D eigenvalue weighted by molar-refractivity contribution is -0.117. The molecule has 5 heteroatoms. The Bertz CT molecular complexity index is 578. The molecule has 0 saturated carbocycles. The number of ether oxygens (including phenoxy) is 1. The Hall–Kier alpha value is -1.23. The Labute approximate surface area is 179 Å². The van der Waals surface area contributed by atoms with Crippen molar-refractivity contribution in [3.63, 3.8) is 0 Å². The summed E-state index contributed by atoms with van der Waals surface area (Å²) in [7, 11) is 0. The van der Waals surface area contributed by atoms with Crippen LogP contribution in [0.3, 0.4) is 0 Å². The largest absolute Gasteiger partial charge is 0.376 e. The number of carbonyl (C=O) groups excluding carboxylic acids is 1. The highest BCUT2D eigenvalue weighted by atomic mass is 16.5. The van der Waals surface area contributed by atoms with Gasteiger partial charge >= 0.3 is 0 Å². The van der Waals surface area contributed by atoms with Gasteiger partial charge in [0.1, 0.15) is 5.78 Å². The molecule has 0 aliphatic heterocycles. The number of Topliss-reactive ketones (excluding diaryl/α,β-unsaturated/α-hetero) is 1. The number of rotatable bonds is 17. The minimum atomic E-state index is -0.0738. The molecule has 1 aromatic rings. The summed E-state index contributed by atoms with van der Waals surface area (Å²) < 4.78 is 8.19. The van der Waals surface area contributed by atoms with Crippen LogP contribution < -0.4 is 0 Å². The zero-order valence-electron chi connectivity index (χ0n) is 19.9. The van der Waals surface area contributed by atoms with Crippen LogP contribution in [0.1, 0.15) is 111 Å². The number of aromatic nitrogens is 3. The molecule has 0 fully saturated rings. The molecule has 0 aromatic carbocycles. The van der Waals surface area contributed by atoms with Crippen LogP contribution in [-0.4, -0.2) is 33.0 Å². The summed E-state index contributed by atoms with van der Waals surface area (Å²) in [6.45, 7) is 14.7. The van der Waals surface area contributed by atoms with E-state index in [-0.39, 0.29) is 5.60 Å². The van der Waals surface area contributed by atoms with E-state index in [1.165, 1.54) is 12.8 Å². The Morgan fingerprint density at radius 1 is 1.03 bits per heavy atom. The summed E-state index contributed by atoms with van der Waals surface area (Å²) in [6, 6.07) is 0. The predicted molar refractivity (Wildman–Crippen MR) is 120 cm³/mol. The minimum Gasteiger partial charge on any atom is -0.376 e. The third-order valence-electron chi connectivity index (χ3n) is 5.66. The maximum atomic E-state index is 11.0. The van der Waals surface area contributed by atoms with Crippen LogP contribution in [0.5, 0.6) is 0 Å². The predicted octanol–water partition coefficient (Wildman–Crippen LogP) is 6.15. The van der Waals surface area contributed by atoms with Gasteiger partial charge < -0.3 is 9.53 Å². The summed E-state index contributed by atoms with van der Waals surface area (Å²) in [6.07, 6.45) is 13.9. The molecular weight excluding hydrogens is 362 g/mol. The summed E-state index contributed by atoms with van der Waals surface area (Å²) in [4.78, 5) is 11.0. The van der Waals surface area contributed by atoms with E-state index in [0.29, 0.717) is 17.6 Å². The lowest BCUT2D eigenvalue weighted by Gasteiger charge is -2.29. The van der Waals surface area contributed by atoms with Crippen LogP contribution in [0.2, 0.25) is 0 Å². The van der Waals surface area contributed by atoms with Gasteiger partial charge in [0.05, 0.1) is 11.3 Å². The van der Waals surface area contributed by atoms with Gasteiger partial charge in [-0.25, -0.2) is 0 Å². The quantitative estimate of drug-likeness (QED) is 0.291. The highest BCUT2D eigenvalue weighted by Gasteiger charge is 2.22. The molecule has 0 aliphatic rings. The molecular formula is C24H45N3O2. The van der Waals surface area contributed by atoms with Crippen LogP contribution in [0.15, 0.2) is 6.20 Å². The summed E-state index contributed by atoms with van der Waals surface area (Å²) >= 11 is 0. The van der Waals surface area contributed by atoms with Crippen molar-refractivity contribution in [3.05, 3.63) is 11.9 Å². The van der Waals surface area contributed by atoms with E-state index in [9.17, 15) is 4.79 Å². The third-order valence-corrected chi connectivity index (χ3v) is 5.66. The number of hydrogen-bond donors (Lipinski definition) is 0. The average Bonchev–Trinajstić information content (AvgIpc) is 3.05. The van der Waals surface area contributed by atoms with E-state index in [1.807, 2.05) is 4.68 Å². The topological polar surface area (TPSA) is 57.0 Å². The third kappa shape index (κ3) is 12.8. The molecule has 0 N–H and O–H groups in total. The first-order chi connectivity index (χ1) is 13.6. The molecule has 0 atom stereocenters. The summed E-state index contributed by atoms with van der Waals surface area (Å²) in [5, 5.41) is 8.44. The highest BCUT2D eigenvalue weighted by Crippen LogP contribution is 2.29. The number of hydrogen-bond acceptors (Lipinski definition) is 4. The van der Waals surface area contributed by atoms with E-state index >= 15 is 0 Å². The van der Waals surface area contributed by atoms with Crippen LogP contribution >= 0.6 is 0 Å². The Morgan fingerprint density at radius 2 is 1.76 bits per heavy atom. The molecule has 0 bridgehead atoms. The maximum absolute atomic E-state index is 11.0. The normalized spacial score (nSPS) is 12.5. The summed E-state index contributed by atoms with van der Waals surface area (Å²) in [5.41, 5.74) is 1.33. The first kappa shape index (κ1) is 25.8. The molecule has 0 saturated heterocycles. The standard InChI is InChI=1S/C24H45N3O2/c1-7-13-22-20-27(26-25-22)18-12-11-15-23(3,4)17-19-29-24(5,6)16-10-8-9-14-21(2)28/h20H,7-19H2,1-6H3. The van der Waals surface area contributed by atoms with Crippen LogP contribution in [0.25, 0.3) is 0 Å². The fraction of sp³-hybridized carbons (Fsp3) is 0.875. The van der Waals surface area contributed by atoms with Crippen molar-refractivity contribution >= 4 is 5.78 Å². The zero-order valence-corrected chi connectivity index (χ0v) is 19.9. The lowest BCUT2D eigenvalue weighted by atomic mass is 9.84. The van der Waals surface area contributed by atoms with Crippen LogP contribution in [0.4, 0.5) is 0 Å². The van der Waals surface area contributed by atoms with Crippen molar-refractivity contribution in [2.24, 2.45) is 5.41 Å². The summed E-state index contributed by atoms with van der Waals surface area (Å²) in [5.74, 6) is 0.297. The maximum Gasteiger partial charge on any atom is 0.129 e. The van der Waals surface area contributed by atoms with E-state index in [2.05, 4.69) is 51.1 Å². The number of carbonyl (C=O) groups is 1. The number of aryl methyl sites for hydroxylation is 2. The molecule has 0 aliphatic carbocycles. The van der Waals surface area contributed by atoms with Crippen molar-refractivity contribution in [3.8, 4) is 0 Å². The molecule has 0 amide bonds. The second kappa shape index (κ2) is 13.1. The fourth-order valence-electron chi connectivity index (χ4n) is 3.60. The van der Waals surface area contributed by atoms with Crippen LogP contribution in [-0.2, 0) is 22.5 Å². The first-order valence-electron chi connectivity index (χ1n) is 11.7. The second-order valence-electron chi connectivity index (χ2n) is 9.97. The second-order valence-corrected chi connectivity index (χ2v) is 9.97.